The molecule has 4 rings (SSSR count). The van der Waals surface area contributed by atoms with Crippen LogP contribution in [-0.2, 0) is 26.1 Å². The number of likely N-dealkylation sites (N-methyl/N-ethyl adjacent to an activating group) is 2. The van der Waals surface area contributed by atoms with Gasteiger partial charge in [-0.15, -0.1) is 0 Å². The fourth-order valence-electron chi connectivity index (χ4n) is 4.35. The van der Waals surface area contributed by atoms with Gasteiger partial charge in [-0.1, -0.05) is 18.2 Å². The first-order valence-corrected chi connectivity index (χ1v) is 15.2. The molecule has 0 aliphatic heterocycles. The topological polar surface area (TPSA) is 131 Å². The van der Waals surface area contributed by atoms with E-state index in [1.165, 1.54) is 18.3 Å². The maximum absolute atomic E-state index is 14.5. The van der Waals surface area contributed by atoms with Crippen molar-refractivity contribution in [3.8, 4) is 17.0 Å². The third kappa shape index (κ3) is 8.63. The van der Waals surface area contributed by atoms with Crippen molar-refractivity contribution < 1.29 is 35.3 Å². The predicted octanol–water partition coefficient (Wildman–Crippen LogP) is 4.70. The van der Waals surface area contributed by atoms with Gasteiger partial charge in [0, 0.05) is 62.1 Å². The summed E-state index contributed by atoms with van der Waals surface area (Å²) in [7, 11) is 3.14. The lowest BCUT2D eigenvalue weighted by Crippen LogP contribution is -2.29. The van der Waals surface area contributed by atoms with Crippen LogP contribution in [0, 0.1) is 0 Å². The van der Waals surface area contributed by atoms with E-state index in [-0.39, 0.29) is 35.0 Å². The highest BCUT2D eigenvalue weighted by molar-refractivity contribution is 7.86. The molecule has 0 saturated carbocycles. The van der Waals surface area contributed by atoms with E-state index < -0.39 is 28.5 Å². The van der Waals surface area contributed by atoms with Gasteiger partial charge in [0.05, 0.1) is 29.0 Å². The Kier molecular flexibility index (Phi) is 10.2. The quantitative estimate of drug-likeness (QED) is 0.120. The number of hydrogen-bond donors (Lipinski definition) is 2. The number of para-hydroxylation sites is 1. The van der Waals surface area contributed by atoms with Gasteiger partial charge < -0.3 is 33.9 Å². The zero-order valence-corrected chi connectivity index (χ0v) is 25.9. The fourth-order valence-corrected chi connectivity index (χ4v) is 4.61. The molecule has 0 radical (unpaired) electrons. The SMILES string of the molecule is CN(C)CCN(C)c1cc(OC(F)F)c(Nc2nccc(-c3cn(C)c4ccccc34)n2)cc1NC(=O)/C(F)=C/OS(C)(=O)=O. The summed E-state index contributed by atoms with van der Waals surface area (Å²) in [6.45, 7) is -2.29. The Morgan fingerprint density at radius 3 is 2.53 bits per heavy atom. The van der Waals surface area contributed by atoms with Gasteiger partial charge in [-0.3, -0.25) is 4.79 Å². The number of rotatable bonds is 13. The van der Waals surface area contributed by atoms with Crippen molar-refractivity contribution in [2.24, 2.45) is 7.05 Å². The molecule has 2 N–H and O–H groups in total. The summed E-state index contributed by atoms with van der Waals surface area (Å²) in [4.78, 5) is 25.0. The van der Waals surface area contributed by atoms with Crippen LogP contribution in [0.5, 0.6) is 5.75 Å². The molecule has 4 aromatic rings. The van der Waals surface area contributed by atoms with Crippen LogP contribution in [0.4, 0.5) is 36.2 Å². The molecular formula is C29H32F3N7O5S. The van der Waals surface area contributed by atoms with Crippen LogP contribution in [-0.4, -0.2) is 80.9 Å². The molecule has 12 nitrogen and oxygen atoms in total. The number of carbonyl (C=O) groups excluding carboxylic acids is 1. The molecule has 16 heteroatoms. The number of anilines is 4. The van der Waals surface area contributed by atoms with E-state index >= 15 is 0 Å². The molecule has 2 aromatic carbocycles. The van der Waals surface area contributed by atoms with Gasteiger partial charge in [0.25, 0.3) is 5.91 Å². The number of aromatic nitrogens is 3. The zero-order valence-electron chi connectivity index (χ0n) is 25.1. The van der Waals surface area contributed by atoms with Crippen LogP contribution in [0.15, 0.2) is 66.9 Å². The Morgan fingerprint density at radius 2 is 1.84 bits per heavy atom. The predicted molar refractivity (Wildman–Crippen MR) is 166 cm³/mol. The van der Waals surface area contributed by atoms with Gasteiger partial charge in [-0.2, -0.15) is 21.6 Å². The van der Waals surface area contributed by atoms with Gasteiger partial charge in [0.1, 0.15) is 6.26 Å². The van der Waals surface area contributed by atoms with Gasteiger partial charge in [-0.25, -0.2) is 9.97 Å². The first-order valence-electron chi connectivity index (χ1n) is 13.4. The first-order chi connectivity index (χ1) is 21.2. The number of nitrogens with one attached hydrogen (secondary N) is 2. The van der Waals surface area contributed by atoms with Gasteiger partial charge in [0.15, 0.2) is 5.75 Å². The van der Waals surface area contributed by atoms with Crippen molar-refractivity contribution in [1.29, 1.82) is 0 Å². The first kappa shape index (κ1) is 33.1. The van der Waals surface area contributed by atoms with E-state index in [1.807, 2.05) is 61.1 Å². The summed E-state index contributed by atoms with van der Waals surface area (Å²) in [5, 5.41) is 6.15. The molecule has 0 atom stereocenters. The summed E-state index contributed by atoms with van der Waals surface area (Å²) in [6.07, 6.45) is 4.24. The molecule has 0 aliphatic rings. The van der Waals surface area contributed by atoms with Crippen molar-refractivity contribution in [2.45, 2.75) is 6.61 Å². The van der Waals surface area contributed by atoms with E-state index in [4.69, 9.17) is 4.74 Å². The zero-order chi connectivity index (χ0) is 32.9. The van der Waals surface area contributed by atoms with Crippen LogP contribution < -0.4 is 20.3 Å². The molecule has 2 heterocycles. The molecule has 0 bridgehead atoms. The van der Waals surface area contributed by atoms with Crippen molar-refractivity contribution in [1.82, 2.24) is 19.4 Å². The van der Waals surface area contributed by atoms with Crippen LogP contribution in [0.25, 0.3) is 22.2 Å². The van der Waals surface area contributed by atoms with Crippen molar-refractivity contribution in [3.63, 3.8) is 0 Å². The summed E-state index contributed by atoms with van der Waals surface area (Å²) in [5.74, 6) is -3.16. The summed E-state index contributed by atoms with van der Waals surface area (Å²) in [6, 6.07) is 11.9. The molecule has 45 heavy (non-hydrogen) atoms. The highest BCUT2D eigenvalue weighted by Gasteiger charge is 2.21. The second-order valence-electron chi connectivity index (χ2n) is 10.3. The maximum Gasteiger partial charge on any atom is 0.387 e. The number of benzene rings is 2. The van der Waals surface area contributed by atoms with E-state index in [9.17, 15) is 26.4 Å². The number of nitrogens with zero attached hydrogens (tertiary/aromatic N) is 5. The minimum atomic E-state index is -4.08. The third-order valence-electron chi connectivity index (χ3n) is 6.47. The normalized spacial score (nSPS) is 12.1. The van der Waals surface area contributed by atoms with E-state index in [1.54, 1.807) is 18.0 Å². The van der Waals surface area contributed by atoms with Gasteiger partial charge in [-0.05, 0) is 32.3 Å². The van der Waals surface area contributed by atoms with E-state index in [2.05, 4.69) is 24.8 Å². The number of carbonyl (C=O) groups is 1. The molecule has 0 aliphatic carbocycles. The Hall–Kier alpha value is -4.83. The van der Waals surface area contributed by atoms with Crippen LogP contribution >= 0.6 is 0 Å². The monoisotopic (exact) mass is 647 g/mol. The van der Waals surface area contributed by atoms with E-state index in [0.717, 1.165) is 16.5 Å². The smallest absolute Gasteiger partial charge is 0.387 e. The van der Waals surface area contributed by atoms with E-state index in [0.29, 0.717) is 25.0 Å². The standard InChI is InChI=1S/C29H32F3N7O5S/c1-37(2)12-13-38(3)25-15-26(44-28(31)32)23(14-22(25)34-27(40)20(30)17-43-45(5,41)42)36-29-33-11-10-21(35-29)19-16-39(4)24-9-7-6-8-18(19)24/h6-11,14-17,28H,12-13H2,1-5H3,(H,34,40)(H,33,35,36)/b20-17-. The lowest BCUT2D eigenvalue weighted by atomic mass is 10.1. The average molecular weight is 648 g/mol. The Balaban J connectivity index is 1.76. The summed E-state index contributed by atoms with van der Waals surface area (Å²) < 4.78 is 75.1. The number of halogens is 3. The lowest BCUT2D eigenvalue weighted by molar-refractivity contribution is -0.114. The van der Waals surface area contributed by atoms with Crippen LogP contribution in [0.2, 0.25) is 0 Å². The van der Waals surface area contributed by atoms with Crippen molar-refractivity contribution >= 4 is 49.9 Å². The molecular weight excluding hydrogens is 615 g/mol. The summed E-state index contributed by atoms with van der Waals surface area (Å²) in [5.41, 5.74) is 2.46. The molecule has 0 fully saturated rings. The van der Waals surface area contributed by atoms with Crippen molar-refractivity contribution in [3.05, 3.63) is 66.9 Å². The van der Waals surface area contributed by atoms with Gasteiger partial charge >= 0.3 is 16.7 Å². The molecule has 0 spiro atoms. The molecule has 240 valence electrons. The summed E-state index contributed by atoms with van der Waals surface area (Å²) >= 11 is 0. The molecule has 2 aromatic heterocycles. The Bertz CT molecular complexity index is 1830. The van der Waals surface area contributed by atoms with Gasteiger partial charge in [0.2, 0.25) is 11.8 Å². The molecule has 1 amide bonds. The Labute approximate surface area is 258 Å². The average Bonchev–Trinajstić information content (AvgIpc) is 3.31. The second-order valence-corrected chi connectivity index (χ2v) is 11.9. The largest absolute Gasteiger partial charge is 0.433 e. The third-order valence-corrected chi connectivity index (χ3v) is 6.92. The highest BCUT2D eigenvalue weighted by Crippen LogP contribution is 2.39. The lowest BCUT2D eigenvalue weighted by Gasteiger charge is -2.26. The number of alkyl halides is 2. The second kappa shape index (κ2) is 13.9. The Morgan fingerprint density at radius 1 is 1.11 bits per heavy atom. The minimum Gasteiger partial charge on any atom is -0.433 e. The van der Waals surface area contributed by atoms with Crippen LogP contribution in [0.1, 0.15) is 0 Å². The number of aryl methyl sites for hydroxylation is 1. The number of amides is 1. The fraction of sp³-hybridized carbons (Fsp3) is 0.276. The van der Waals surface area contributed by atoms with Crippen molar-refractivity contribution in [2.75, 3.05) is 56.0 Å². The number of ether oxygens (including phenoxy) is 1. The minimum absolute atomic E-state index is 0.0153. The number of fused-ring (bicyclic) bond motifs is 1. The maximum atomic E-state index is 14.5. The number of hydrogen-bond acceptors (Lipinski definition) is 10. The molecule has 0 saturated heterocycles. The molecule has 0 unspecified atom stereocenters. The highest BCUT2D eigenvalue weighted by atomic mass is 32.2. The van der Waals surface area contributed by atoms with Crippen LogP contribution in [0.3, 0.4) is 0 Å².